The average Bonchev–Trinajstić information content (AvgIpc) is 3.35. The van der Waals surface area contributed by atoms with Crippen molar-refractivity contribution in [1.29, 1.82) is 0 Å². The number of rotatable bonds is 7. The van der Waals surface area contributed by atoms with Gasteiger partial charge < -0.3 is 9.88 Å². The minimum atomic E-state index is -0.0838. The Morgan fingerprint density at radius 1 is 1.21 bits per heavy atom. The lowest BCUT2D eigenvalue weighted by molar-refractivity contribution is 0.0910. The predicted octanol–water partition coefficient (Wildman–Crippen LogP) is 2.23. The number of ketones is 1. The quantitative estimate of drug-likeness (QED) is 0.794. The van der Waals surface area contributed by atoms with Crippen LogP contribution < -0.4 is 5.32 Å². The molecule has 0 bridgehead atoms. The standard InChI is InChI=1S/C19H23N3O2/c1-20-19(24)15-7-5-14(6-8-15)12-22(16-9-10-16)13-18(23)17-4-3-11-21(17)2/h3-8,11,16H,9-10,12-13H2,1-2H3,(H,20,24). The van der Waals surface area contributed by atoms with Crippen molar-refractivity contribution in [2.75, 3.05) is 13.6 Å². The fourth-order valence-electron chi connectivity index (χ4n) is 2.91. The van der Waals surface area contributed by atoms with Crippen LogP contribution in [-0.2, 0) is 13.6 Å². The molecule has 24 heavy (non-hydrogen) atoms. The van der Waals surface area contributed by atoms with Crippen LogP contribution in [-0.4, -0.2) is 40.8 Å². The average molecular weight is 325 g/mol. The van der Waals surface area contributed by atoms with E-state index in [1.54, 1.807) is 7.05 Å². The van der Waals surface area contributed by atoms with E-state index in [1.807, 2.05) is 54.2 Å². The van der Waals surface area contributed by atoms with Crippen molar-refractivity contribution in [2.45, 2.75) is 25.4 Å². The Bertz CT molecular complexity index is 729. The number of amides is 1. The molecule has 0 atom stereocenters. The molecule has 1 aliphatic carbocycles. The summed E-state index contributed by atoms with van der Waals surface area (Å²) in [6.45, 7) is 1.16. The topological polar surface area (TPSA) is 54.3 Å². The van der Waals surface area contributed by atoms with Gasteiger partial charge in [-0.15, -0.1) is 0 Å². The van der Waals surface area contributed by atoms with Crippen molar-refractivity contribution in [3.8, 4) is 0 Å². The molecule has 1 fully saturated rings. The molecular weight excluding hydrogens is 302 g/mol. The van der Waals surface area contributed by atoms with Crippen LogP contribution in [0, 0.1) is 0 Å². The summed E-state index contributed by atoms with van der Waals surface area (Å²) in [6.07, 6.45) is 4.19. The van der Waals surface area contributed by atoms with Crippen molar-refractivity contribution in [2.24, 2.45) is 7.05 Å². The number of aryl methyl sites for hydroxylation is 1. The first-order valence-electron chi connectivity index (χ1n) is 8.28. The number of carbonyl (C=O) groups excluding carboxylic acids is 2. The van der Waals surface area contributed by atoms with Gasteiger partial charge in [0.2, 0.25) is 0 Å². The number of nitrogens with one attached hydrogen (secondary N) is 1. The monoisotopic (exact) mass is 325 g/mol. The highest BCUT2D eigenvalue weighted by atomic mass is 16.1. The summed E-state index contributed by atoms with van der Waals surface area (Å²) >= 11 is 0. The van der Waals surface area contributed by atoms with Gasteiger partial charge in [0, 0.05) is 38.4 Å². The smallest absolute Gasteiger partial charge is 0.251 e. The minimum absolute atomic E-state index is 0.0838. The third-order valence-electron chi connectivity index (χ3n) is 4.47. The minimum Gasteiger partial charge on any atom is -0.355 e. The number of carbonyl (C=O) groups is 2. The van der Waals surface area contributed by atoms with Crippen LogP contribution in [0.1, 0.15) is 39.3 Å². The molecule has 1 amide bonds. The van der Waals surface area contributed by atoms with E-state index in [0.29, 0.717) is 18.2 Å². The zero-order chi connectivity index (χ0) is 17.1. The lowest BCUT2D eigenvalue weighted by Crippen LogP contribution is -2.32. The maximum absolute atomic E-state index is 12.5. The first kappa shape index (κ1) is 16.5. The van der Waals surface area contributed by atoms with Crippen molar-refractivity contribution in [3.05, 3.63) is 59.4 Å². The van der Waals surface area contributed by atoms with Crippen molar-refractivity contribution < 1.29 is 9.59 Å². The maximum atomic E-state index is 12.5. The summed E-state index contributed by atoms with van der Waals surface area (Å²) in [7, 11) is 3.52. The third kappa shape index (κ3) is 3.74. The van der Waals surface area contributed by atoms with Gasteiger partial charge in [0.1, 0.15) is 0 Å². The molecule has 5 nitrogen and oxygen atoms in total. The molecule has 1 N–H and O–H groups in total. The molecule has 0 unspecified atom stereocenters. The van der Waals surface area contributed by atoms with Gasteiger partial charge in [-0.05, 0) is 42.7 Å². The lowest BCUT2D eigenvalue weighted by Gasteiger charge is -2.21. The van der Waals surface area contributed by atoms with Crippen molar-refractivity contribution in [3.63, 3.8) is 0 Å². The first-order chi connectivity index (χ1) is 11.6. The van der Waals surface area contributed by atoms with Crippen LogP contribution in [0.2, 0.25) is 0 Å². The molecule has 0 radical (unpaired) electrons. The number of hydrogen-bond acceptors (Lipinski definition) is 3. The zero-order valence-corrected chi connectivity index (χ0v) is 14.2. The van der Waals surface area contributed by atoms with Crippen LogP contribution in [0.5, 0.6) is 0 Å². The molecule has 0 spiro atoms. The summed E-state index contributed by atoms with van der Waals surface area (Å²) in [5.41, 5.74) is 2.52. The molecule has 5 heteroatoms. The second kappa shape index (κ2) is 7.01. The Balaban J connectivity index is 1.67. The fourth-order valence-corrected chi connectivity index (χ4v) is 2.91. The van der Waals surface area contributed by atoms with Crippen molar-refractivity contribution >= 4 is 11.7 Å². The van der Waals surface area contributed by atoms with E-state index in [-0.39, 0.29) is 11.7 Å². The molecule has 0 aliphatic heterocycles. The van der Waals surface area contributed by atoms with Crippen LogP contribution in [0.4, 0.5) is 0 Å². The fraction of sp³-hybridized carbons (Fsp3) is 0.368. The summed E-state index contributed by atoms with van der Waals surface area (Å²) in [5.74, 6) is 0.0656. The van der Waals surface area contributed by atoms with Crippen LogP contribution in [0.25, 0.3) is 0 Å². The second-order valence-electron chi connectivity index (χ2n) is 6.34. The Hall–Kier alpha value is -2.40. The predicted molar refractivity (Wildman–Crippen MR) is 93.0 cm³/mol. The van der Waals surface area contributed by atoms with Gasteiger partial charge in [-0.2, -0.15) is 0 Å². The molecule has 1 saturated carbocycles. The third-order valence-corrected chi connectivity index (χ3v) is 4.47. The second-order valence-corrected chi connectivity index (χ2v) is 6.34. The van der Waals surface area contributed by atoms with Gasteiger partial charge in [-0.3, -0.25) is 14.5 Å². The van der Waals surface area contributed by atoms with E-state index < -0.39 is 0 Å². The lowest BCUT2D eigenvalue weighted by atomic mass is 10.1. The molecule has 0 saturated heterocycles. The molecule has 2 aromatic rings. The Morgan fingerprint density at radius 3 is 2.46 bits per heavy atom. The van der Waals surface area contributed by atoms with Gasteiger partial charge in [0.25, 0.3) is 5.91 Å². The largest absolute Gasteiger partial charge is 0.355 e. The Kier molecular flexibility index (Phi) is 4.81. The van der Waals surface area contributed by atoms with E-state index in [9.17, 15) is 9.59 Å². The number of aromatic nitrogens is 1. The number of Topliss-reactive ketones (excluding diaryl/α,β-unsaturated/α-hetero) is 1. The highest BCUT2D eigenvalue weighted by Gasteiger charge is 2.30. The summed E-state index contributed by atoms with van der Waals surface area (Å²) in [6, 6.07) is 11.8. The first-order valence-corrected chi connectivity index (χ1v) is 8.28. The number of nitrogens with zero attached hydrogens (tertiary/aromatic N) is 2. The zero-order valence-electron chi connectivity index (χ0n) is 14.2. The summed E-state index contributed by atoms with van der Waals surface area (Å²) < 4.78 is 1.87. The van der Waals surface area contributed by atoms with E-state index in [0.717, 1.165) is 30.6 Å². The Morgan fingerprint density at radius 2 is 1.92 bits per heavy atom. The van der Waals surface area contributed by atoms with Gasteiger partial charge in [0.05, 0.1) is 12.2 Å². The van der Waals surface area contributed by atoms with Crippen LogP contribution in [0.15, 0.2) is 42.6 Å². The van der Waals surface area contributed by atoms with E-state index in [1.165, 1.54) is 0 Å². The molecule has 1 heterocycles. The van der Waals surface area contributed by atoms with Gasteiger partial charge in [-0.25, -0.2) is 0 Å². The van der Waals surface area contributed by atoms with E-state index >= 15 is 0 Å². The summed E-state index contributed by atoms with van der Waals surface area (Å²) in [4.78, 5) is 26.4. The van der Waals surface area contributed by atoms with E-state index in [4.69, 9.17) is 0 Å². The molecule has 126 valence electrons. The molecular formula is C19H23N3O2. The summed E-state index contributed by atoms with van der Waals surface area (Å²) in [5, 5.41) is 2.62. The van der Waals surface area contributed by atoms with E-state index in [2.05, 4.69) is 10.2 Å². The van der Waals surface area contributed by atoms with Crippen LogP contribution in [0.3, 0.4) is 0 Å². The maximum Gasteiger partial charge on any atom is 0.251 e. The number of benzene rings is 1. The molecule has 3 rings (SSSR count). The SMILES string of the molecule is CNC(=O)c1ccc(CN(CC(=O)c2cccn2C)C2CC2)cc1. The van der Waals surface area contributed by atoms with Crippen LogP contribution >= 0.6 is 0 Å². The highest BCUT2D eigenvalue weighted by molar-refractivity contribution is 5.96. The van der Waals surface area contributed by atoms with Gasteiger partial charge >= 0.3 is 0 Å². The van der Waals surface area contributed by atoms with Gasteiger partial charge in [-0.1, -0.05) is 12.1 Å². The molecule has 1 aliphatic rings. The van der Waals surface area contributed by atoms with Crippen molar-refractivity contribution in [1.82, 2.24) is 14.8 Å². The Labute approximate surface area is 142 Å². The number of hydrogen-bond donors (Lipinski definition) is 1. The highest BCUT2D eigenvalue weighted by Crippen LogP contribution is 2.28. The van der Waals surface area contributed by atoms with Gasteiger partial charge in [0.15, 0.2) is 5.78 Å². The molecule has 1 aromatic carbocycles. The molecule has 1 aromatic heterocycles. The normalized spacial score (nSPS) is 14.0.